The zero-order valence-corrected chi connectivity index (χ0v) is 11.4. The van der Waals surface area contributed by atoms with Crippen molar-refractivity contribution in [2.24, 2.45) is 5.92 Å². The Morgan fingerprint density at radius 1 is 1.32 bits per heavy atom. The number of nitrogens with two attached hydrogens (primary N) is 1. The number of imidazole rings is 1. The Morgan fingerprint density at radius 2 is 2.21 bits per heavy atom. The van der Waals surface area contributed by atoms with E-state index in [1.807, 2.05) is 24.4 Å². The molecule has 1 aliphatic rings. The van der Waals surface area contributed by atoms with Crippen LogP contribution in [0.2, 0.25) is 0 Å². The maximum Gasteiger partial charge on any atom is 0.140 e. The number of nitrogens with zero attached hydrogens (tertiary/aromatic N) is 2. The zero-order valence-electron chi connectivity index (χ0n) is 11.4. The van der Waals surface area contributed by atoms with Gasteiger partial charge in [0.1, 0.15) is 5.82 Å². The summed E-state index contributed by atoms with van der Waals surface area (Å²) in [5.41, 5.74) is 7.79. The molecule has 3 heteroatoms. The lowest BCUT2D eigenvalue weighted by atomic mass is 9.87. The average Bonchev–Trinajstić information content (AvgIpc) is 2.88. The average molecular weight is 255 g/mol. The van der Waals surface area contributed by atoms with Crippen molar-refractivity contribution in [2.75, 3.05) is 5.73 Å². The highest BCUT2D eigenvalue weighted by atomic mass is 15.1. The summed E-state index contributed by atoms with van der Waals surface area (Å²) in [6.07, 6.45) is 9.21. The van der Waals surface area contributed by atoms with Crippen molar-refractivity contribution < 1.29 is 0 Å². The van der Waals surface area contributed by atoms with Gasteiger partial charge >= 0.3 is 0 Å². The second kappa shape index (κ2) is 5.08. The first-order valence-electron chi connectivity index (χ1n) is 7.13. The van der Waals surface area contributed by atoms with E-state index >= 15 is 0 Å². The van der Waals surface area contributed by atoms with Gasteiger partial charge in [0.15, 0.2) is 0 Å². The van der Waals surface area contributed by atoms with Gasteiger partial charge in [-0.2, -0.15) is 0 Å². The van der Waals surface area contributed by atoms with Crippen LogP contribution in [0.4, 0.5) is 5.69 Å². The monoisotopic (exact) mass is 255 g/mol. The van der Waals surface area contributed by atoms with Crippen LogP contribution < -0.4 is 5.73 Å². The molecule has 0 aliphatic heterocycles. The van der Waals surface area contributed by atoms with Crippen molar-refractivity contribution in [1.29, 1.82) is 0 Å². The van der Waals surface area contributed by atoms with Gasteiger partial charge in [-0.25, -0.2) is 4.98 Å². The molecule has 0 saturated heterocycles. The third kappa shape index (κ3) is 2.50. The summed E-state index contributed by atoms with van der Waals surface area (Å²) >= 11 is 0. The quantitative estimate of drug-likeness (QED) is 0.827. The van der Waals surface area contributed by atoms with Crippen LogP contribution in [0.3, 0.4) is 0 Å². The van der Waals surface area contributed by atoms with E-state index in [1.165, 1.54) is 25.7 Å². The summed E-state index contributed by atoms with van der Waals surface area (Å²) in [6, 6.07) is 8.59. The van der Waals surface area contributed by atoms with Crippen molar-refractivity contribution in [3.8, 4) is 11.4 Å². The molecule has 2 unspecified atom stereocenters. The minimum Gasteiger partial charge on any atom is -0.399 e. The van der Waals surface area contributed by atoms with E-state index in [0.29, 0.717) is 6.04 Å². The molecule has 0 radical (unpaired) electrons. The molecule has 3 nitrogen and oxygen atoms in total. The van der Waals surface area contributed by atoms with Gasteiger partial charge < -0.3 is 10.3 Å². The fourth-order valence-corrected chi connectivity index (χ4v) is 3.16. The van der Waals surface area contributed by atoms with Crippen LogP contribution in [0.15, 0.2) is 36.7 Å². The van der Waals surface area contributed by atoms with E-state index in [-0.39, 0.29) is 0 Å². The van der Waals surface area contributed by atoms with Crippen molar-refractivity contribution in [1.82, 2.24) is 9.55 Å². The van der Waals surface area contributed by atoms with E-state index < -0.39 is 0 Å². The lowest BCUT2D eigenvalue weighted by Gasteiger charge is -2.29. The Hall–Kier alpha value is -1.77. The Balaban J connectivity index is 1.94. The summed E-state index contributed by atoms with van der Waals surface area (Å²) in [5.74, 6) is 1.86. The van der Waals surface area contributed by atoms with Crippen molar-refractivity contribution >= 4 is 5.69 Å². The number of anilines is 1. The molecule has 3 rings (SSSR count). The molecular weight excluding hydrogens is 234 g/mol. The number of aromatic nitrogens is 2. The zero-order chi connectivity index (χ0) is 13.2. The predicted octanol–water partition coefficient (Wildman–Crippen LogP) is 3.88. The summed E-state index contributed by atoms with van der Waals surface area (Å²) in [6.45, 7) is 2.35. The van der Waals surface area contributed by atoms with Crippen LogP contribution in [0, 0.1) is 5.92 Å². The largest absolute Gasteiger partial charge is 0.399 e. The van der Waals surface area contributed by atoms with Crippen LogP contribution in [-0.2, 0) is 0 Å². The number of benzene rings is 1. The number of rotatable bonds is 2. The van der Waals surface area contributed by atoms with Crippen LogP contribution in [0.1, 0.15) is 38.6 Å². The molecule has 1 saturated carbocycles. The molecular formula is C16H21N3. The summed E-state index contributed by atoms with van der Waals surface area (Å²) in [7, 11) is 0. The summed E-state index contributed by atoms with van der Waals surface area (Å²) < 4.78 is 2.34. The lowest BCUT2D eigenvalue weighted by Crippen LogP contribution is -2.17. The topological polar surface area (TPSA) is 43.8 Å². The molecule has 2 N–H and O–H groups in total. The van der Waals surface area contributed by atoms with Gasteiger partial charge in [-0.15, -0.1) is 0 Å². The molecule has 19 heavy (non-hydrogen) atoms. The molecule has 2 aromatic rings. The molecule has 1 aliphatic carbocycles. The standard InChI is InChI=1S/C16H21N3/c1-12-4-2-7-15(10-12)19-9-8-18-16(19)13-5-3-6-14(17)11-13/h3,5-6,8-9,11-12,15H,2,4,7,10,17H2,1H3. The van der Waals surface area contributed by atoms with Gasteiger partial charge in [-0.1, -0.05) is 31.9 Å². The Kier molecular flexibility index (Phi) is 3.28. The molecule has 100 valence electrons. The first-order chi connectivity index (χ1) is 9.24. The van der Waals surface area contributed by atoms with E-state index in [1.54, 1.807) is 0 Å². The third-order valence-corrected chi connectivity index (χ3v) is 4.12. The van der Waals surface area contributed by atoms with E-state index in [2.05, 4.69) is 28.7 Å². The second-order valence-corrected chi connectivity index (χ2v) is 5.71. The van der Waals surface area contributed by atoms with E-state index in [9.17, 15) is 0 Å². The predicted molar refractivity (Wildman–Crippen MR) is 78.7 cm³/mol. The summed E-state index contributed by atoms with van der Waals surface area (Å²) in [4.78, 5) is 4.54. The maximum atomic E-state index is 5.88. The normalized spacial score (nSPS) is 23.4. The SMILES string of the molecule is CC1CCCC(n2ccnc2-c2cccc(N)c2)C1. The van der Waals surface area contributed by atoms with Gasteiger partial charge in [0, 0.05) is 29.7 Å². The van der Waals surface area contributed by atoms with Crippen LogP contribution >= 0.6 is 0 Å². The van der Waals surface area contributed by atoms with E-state index in [4.69, 9.17) is 5.73 Å². The fraction of sp³-hybridized carbons (Fsp3) is 0.438. The van der Waals surface area contributed by atoms with Crippen molar-refractivity contribution in [3.05, 3.63) is 36.7 Å². The number of hydrogen-bond acceptors (Lipinski definition) is 2. The molecule has 1 aromatic carbocycles. The van der Waals surface area contributed by atoms with Crippen molar-refractivity contribution in [3.63, 3.8) is 0 Å². The van der Waals surface area contributed by atoms with Crippen LogP contribution in [0.5, 0.6) is 0 Å². The molecule has 0 spiro atoms. The van der Waals surface area contributed by atoms with Gasteiger partial charge in [0.2, 0.25) is 0 Å². The highest BCUT2D eigenvalue weighted by Crippen LogP contribution is 2.34. The van der Waals surface area contributed by atoms with Gasteiger partial charge in [-0.05, 0) is 30.9 Å². The minimum absolute atomic E-state index is 0.586. The Labute approximate surface area is 114 Å². The van der Waals surface area contributed by atoms with Crippen LogP contribution in [0.25, 0.3) is 11.4 Å². The molecule has 0 bridgehead atoms. The van der Waals surface area contributed by atoms with Crippen LogP contribution in [-0.4, -0.2) is 9.55 Å². The Morgan fingerprint density at radius 3 is 3.00 bits per heavy atom. The van der Waals surface area contributed by atoms with E-state index in [0.717, 1.165) is 23.0 Å². The number of hydrogen-bond donors (Lipinski definition) is 1. The molecule has 1 heterocycles. The lowest BCUT2D eigenvalue weighted by molar-refractivity contribution is 0.284. The summed E-state index contributed by atoms with van der Waals surface area (Å²) in [5, 5.41) is 0. The smallest absolute Gasteiger partial charge is 0.140 e. The first-order valence-corrected chi connectivity index (χ1v) is 7.13. The van der Waals surface area contributed by atoms with Gasteiger partial charge in [0.25, 0.3) is 0 Å². The highest BCUT2D eigenvalue weighted by Gasteiger charge is 2.22. The third-order valence-electron chi connectivity index (χ3n) is 4.12. The van der Waals surface area contributed by atoms with Gasteiger partial charge in [0.05, 0.1) is 0 Å². The maximum absolute atomic E-state index is 5.88. The van der Waals surface area contributed by atoms with Gasteiger partial charge in [-0.3, -0.25) is 0 Å². The number of nitrogen functional groups attached to an aromatic ring is 1. The molecule has 1 aromatic heterocycles. The minimum atomic E-state index is 0.586. The fourth-order valence-electron chi connectivity index (χ4n) is 3.16. The molecule has 0 amide bonds. The molecule has 2 atom stereocenters. The first kappa shape index (κ1) is 12.3. The van der Waals surface area contributed by atoms with Crippen molar-refractivity contribution in [2.45, 2.75) is 38.6 Å². The highest BCUT2D eigenvalue weighted by molar-refractivity contribution is 5.61. The Bertz CT molecular complexity index is 559. The second-order valence-electron chi connectivity index (χ2n) is 5.71. The molecule has 1 fully saturated rings.